The molecule has 0 bridgehead atoms. The molecular weight excluding hydrogens is 344 g/mol. The number of aryl methyl sites for hydroxylation is 1. The second-order valence-corrected chi connectivity index (χ2v) is 10.2. The van der Waals surface area contributed by atoms with E-state index in [1.54, 1.807) is 12.1 Å². The fraction of sp³-hybridized carbons (Fsp3) is 0.538. The molecule has 0 aromatic heterocycles. The molecule has 2 aliphatic rings. The summed E-state index contributed by atoms with van der Waals surface area (Å²) >= 11 is 0. The van der Waals surface area contributed by atoms with E-state index in [0.717, 1.165) is 12.8 Å². The number of fused-ring (bicyclic) bond motifs is 3. The van der Waals surface area contributed by atoms with E-state index in [2.05, 4.69) is 45.9 Å². The lowest BCUT2D eigenvalue weighted by molar-refractivity contribution is -0.0179. The summed E-state index contributed by atoms with van der Waals surface area (Å²) in [6.45, 7) is 9.56. The van der Waals surface area contributed by atoms with Crippen LogP contribution in [0.3, 0.4) is 0 Å². The topological polar surface area (TPSA) is 40.5 Å². The number of aromatic hydroxyl groups is 1. The van der Waals surface area contributed by atoms with Gasteiger partial charge in [-0.15, -0.1) is 0 Å². The fourth-order valence-corrected chi connectivity index (χ4v) is 6.25. The second kappa shape index (κ2) is 6.62. The molecule has 28 heavy (non-hydrogen) atoms. The number of phenolic OH excluding ortho intramolecular Hbond substituents is 1. The van der Waals surface area contributed by atoms with Gasteiger partial charge in [0.1, 0.15) is 5.75 Å². The van der Waals surface area contributed by atoms with E-state index in [4.69, 9.17) is 0 Å². The number of aliphatic hydroxyl groups excluding tert-OH is 1. The van der Waals surface area contributed by atoms with Crippen molar-refractivity contribution in [3.63, 3.8) is 0 Å². The van der Waals surface area contributed by atoms with Crippen molar-refractivity contribution in [2.24, 2.45) is 11.3 Å². The van der Waals surface area contributed by atoms with Gasteiger partial charge in [0.25, 0.3) is 0 Å². The predicted molar refractivity (Wildman–Crippen MR) is 115 cm³/mol. The number of benzene rings is 2. The Hall–Kier alpha value is -1.80. The maximum atomic E-state index is 10.1. The number of phenols is 1. The summed E-state index contributed by atoms with van der Waals surface area (Å²) in [5, 5.41) is 19.8. The Morgan fingerprint density at radius 2 is 1.68 bits per heavy atom. The first-order valence-electron chi connectivity index (χ1n) is 10.7. The molecule has 3 unspecified atom stereocenters. The zero-order valence-corrected chi connectivity index (χ0v) is 17.8. The van der Waals surface area contributed by atoms with Gasteiger partial charge in [-0.25, -0.2) is 0 Å². The lowest BCUT2D eigenvalue weighted by Crippen LogP contribution is -2.50. The van der Waals surface area contributed by atoms with Crippen molar-refractivity contribution in [2.45, 2.75) is 70.6 Å². The van der Waals surface area contributed by atoms with Gasteiger partial charge in [0, 0.05) is 12.0 Å². The lowest BCUT2D eigenvalue weighted by atomic mass is 9.50. The molecule has 1 fully saturated rings. The van der Waals surface area contributed by atoms with Crippen molar-refractivity contribution in [3.05, 3.63) is 64.7 Å². The van der Waals surface area contributed by atoms with Crippen LogP contribution in [0.5, 0.6) is 5.75 Å². The molecule has 2 nitrogen and oxygen atoms in total. The summed E-state index contributed by atoms with van der Waals surface area (Å²) in [7, 11) is 0. The number of aliphatic hydroxyl groups is 1. The third-order valence-corrected chi connectivity index (χ3v) is 8.15. The molecule has 2 heteroatoms. The molecule has 0 heterocycles. The molecule has 0 aliphatic heterocycles. The van der Waals surface area contributed by atoms with Gasteiger partial charge in [0.15, 0.2) is 0 Å². The second-order valence-electron chi connectivity index (χ2n) is 10.2. The summed E-state index contributed by atoms with van der Waals surface area (Å²) < 4.78 is 0. The molecular formula is C26H34O2. The SMILES string of the molecule is CC(C)(c1ccc(O)cc1)c1ccc2c(c1)CCC1C(C)(CO)CCCC21C. The van der Waals surface area contributed by atoms with Crippen LogP contribution in [0.4, 0.5) is 0 Å². The van der Waals surface area contributed by atoms with Gasteiger partial charge in [-0.1, -0.05) is 64.4 Å². The van der Waals surface area contributed by atoms with E-state index in [1.165, 1.54) is 41.5 Å². The van der Waals surface area contributed by atoms with Crippen LogP contribution in [0.15, 0.2) is 42.5 Å². The largest absolute Gasteiger partial charge is 0.508 e. The van der Waals surface area contributed by atoms with Gasteiger partial charge >= 0.3 is 0 Å². The first-order valence-corrected chi connectivity index (χ1v) is 10.7. The minimum atomic E-state index is -0.105. The van der Waals surface area contributed by atoms with Crippen LogP contribution in [0.1, 0.15) is 75.6 Å². The van der Waals surface area contributed by atoms with Crippen LogP contribution >= 0.6 is 0 Å². The number of rotatable bonds is 3. The average Bonchev–Trinajstić information content (AvgIpc) is 2.68. The van der Waals surface area contributed by atoms with Crippen molar-refractivity contribution in [1.82, 2.24) is 0 Å². The minimum Gasteiger partial charge on any atom is -0.508 e. The zero-order valence-electron chi connectivity index (χ0n) is 17.8. The summed E-state index contributed by atoms with van der Waals surface area (Å²) in [5.74, 6) is 0.871. The average molecular weight is 379 g/mol. The van der Waals surface area contributed by atoms with E-state index in [9.17, 15) is 10.2 Å². The van der Waals surface area contributed by atoms with E-state index in [0.29, 0.717) is 18.3 Å². The maximum Gasteiger partial charge on any atom is 0.115 e. The third-order valence-electron chi connectivity index (χ3n) is 8.15. The van der Waals surface area contributed by atoms with Crippen LogP contribution in [0.25, 0.3) is 0 Å². The normalized spacial score (nSPS) is 29.8. The molecule has 3 atom stereocenters. The molecule has 2 aromatic rings. The first-order chi connectivity index (χ1) is 13.2. The van der Waals surface area contributed by atoms with Crippen LogP contribution in [-0.4, -0.2) is 16.8 Å². The molecule has 0 amide bonds. The molecule has 2 aliphatic carbocycles. The Morgan fingerprint density at radius 3 is 2.36 bits per heavy atom. The van der Waals surface area contributed by atoms with Gasteiger partial charge in [-0.05, 0) is 76.8 Å². The molecule has 0 saturated heterocycles. The summed E-state index contributed by atoms with van der Waals surface area (Å²) in [4.78, 5) is 0. The Kier molecular flexibility index (Phi) is 4.62. The highest BCUT2D eigenvalue weighted by Gasteiger charge is 2.51. The molecule has 0 radical (unpaired) electrons. The predicted octanol–water partition coefficient (Wildman–Crippen LogP) is 5.72. The van der Waals surface area contributed by atoms with Gasteiger partial charge in [-0.2, -0.15) is 0 Å². The molecule has 0 spiro atoms. The quantitative estimate of drug-likeness (QED) is 0.717. The van der Waals surface area contributed by atoms with Crippen LogP contribution in [-0.2, 0) is 17.3 Å². The summed E-state index contributed by atoms with van der Waals surface area (Å²) in [5.41, 5.74) is 5.67. The van der Waals surface area contributed by atoms with E-state index in [-0.39, 0.29) is 16.2 Å². The molecule has 2 N–H and O–H groups in total. The monoisotopic (exact) mass is 378 g/mol. The van der Waals surface area contributed by atoms with Crippen molar-refractivity contribution in [3.8, 4) is 5.75 Å². The molecule has 2 aromatic carbocycles. The maximum absolute atomic E-state index is 10.1. The molecule has 1 saturated carbocycles. The third kappa shape index (κ3) is 2.88. The highest BCUT2D eigenvalue weighted by molar-refractivity contribution is 5.47. The van der Waals surface area contributed by atoms with Crippen molar-refractivity contribution >= 4 is 0 Å². The summed E-state index contributed by atoms with van der Waals surface area (Å²) in [6, 6.07) is 14.7. The summed E-state index contributed by atoms with van der Waals surface area (Å²) in [6.07, 6.45) is 5.84. The Labute approximate surface area is 169 Å². The van der Waals surface area contributed by atoms with Gasteiger partial charge in [-0.3, -0.25) is 0 Å². The Morgan fingerprint density at radius 1 is 1.00 bits per heavy atom. The standard InChI is InChI=1S/C26H34O2/c1-24(2,19-7-10-21(28)11-8-19)20-9-12-22-18(16-20)6-13-23-25(3,17-27)14-5-15-26(22,23)4/h7-12,16,23,27-28H,5-6,13-15,17H2,1-4H3. The highest BCUT2D eigenvalue weighted by Crippen LogP contribution is 2.57. The van der Waals surface area contributed by atoms with E-state index in [1.807, 2.05) is 12.1 Å². The highest BCUT2D eigenvalue weighted by atomic mass is 16.3. The van der Waals surface area contributed by atoms with Crippen molar-refractivity contribution in [1.29, 1.82) is 0 Å². The lowest BCUT2D eigenvalue weighted by Gasteiger charge is -2.55. The number of hydrogen-bond donors (Lipinski definition) is 2. The van der Waals surface area contributed by atoms with Gasteiger partial charge in [0.05, 0.1) is 0 Å². The Bertz CT molecular complexity index is 867. The van der Waals surface area contributed by atoms with E-state index >= 15 is 0 Å². The van der Waals surface area contributed by atoms with Crippen LogP contribution in [0, 0.1) is 11.3 Å². The van der Waals surface area contributed by atoms with Crippen LogP contribution in [0.2, 0.25) is 0 Å². The molecule has 4 rings (SSSR count). The van der Waals surface area contributed by atoms with Gasteiger partial charge < -0.3 is 10.2 Å². The first kappa shape index (κ1) is 19.5. The zero-order chi connectivity index (χ0) is 20.2. The smallest absolute Gasteiger partial charge is 0.115 e. The van der Waals surface area contributed by atoms with Gasteiger partial charge in [0.2, 0.25) is 0 Å². The fourth-order valence-electron chi connectivity index (χ4n) is 6.25. The van der Waals surface area contributed by atoms with Crippen LogP contribution < -0.4 is 0 Å². The molecule has 150 valence electrons. The minimum absolute atomic E-state index is 0.0503. The van der Waals surface area contributed by atoms with Crippen molar-refractivity contribution in [2.75, 3.05) is 6.61 Å². The number of hydrogen-bond acceptors (Lipinski definition) is 2. The van der Waals surface area contributed by atoms with E-state index < -0.39 is 0 Å². The van der Waals surface area contributed by atoms with Crippen molar-refractivity contribution < 1.29 is 10.2 Å². The Balaban J connectivity index is 1.73.